The number of amides is 10. The molecule has 0 bridgehead atoms. The lowest BCUT2D eigenvalue weighted by atomic mass is 9.95. The van der Waals surface area contributed by atoms with Gasteiger partial charge in [0.05, 0.1) is 37.0 Å². The second kappa shape index (κ2) is 29.0. The molecule has 4 aromatic carbocycles. The van der Waals surface area contributed by atoms with Crippen molar-refractivity contribution in [3.05, 3.63) is 108 Å². The SMILES string of the molecule is CC(C)[C@H](NCC(=O)NCCNC(=O)CCC(C)(C)OCCNC(=O)CCN1C(=O)C=CC1=O)C(=O)NCC(=O)Nc1ccc(C(=O)Nc2ccc3[nH]c(C(=O)N4CC(CBr)c5c4cc(OC(=O)N4CCN(C)CC4)c4ccccc54)cc3c2)cc1. The number of hydrogen-bond acceptors (Lipinski definition) is 14. The lowest BCUT2D eigenvalue weighted by molar-refractivity contribution is -0.137. The van der Waals surface area contributed by atoms with Crippen molar-refractivity contribution in [2.45, 2.75) is 64.5 Å². The number of nitrogens with zero attached hydrogens (tertiary/aromatic N) is 4. The molecule has 0 aliphatic carbocycles. The van der Waals surface area contributed by atoms with Crippen LogP contribution in [0.3, 0.4) is 0 Å². The monoisotopic (exact) mass is 1240 g/mol. The zero-order chi connectivity index (χ0) is 61.7. The quantitative estimate of drug-likeness (QED) is 0.0217. The first-order valence-electron chi connectivity index (χ1n) is 28.6. The van der Waals surface area contributed by atoms with Gasteiger partial charge in [0.25, 0.3) is 23.6 Å². The molecule has 456 valence electrons. The van der Waals surface area contributed by atoms with Crippen LogP contribution in [-0.2, 0) is 38.3 Å². The highest BCUT2D eigenvalue weighted by molar-refractivity contribution is 9.09. The van der Waals surface area contributed by atoms with Gasteiger partial charge in [-0.2, -0.15) is 0 Å². The minimum Gasteiger partial charge on any atom is -0.409 e. The molecule has 0 radical (unpaired) electrons. The molecule has 24 nitrogen and oxygen atoms in total. The molecular formula is C61H73BrN12O12. The smallest absolute Gasteiger partial charge is 0.409 e. The number of imide groups is 1. The number of alkyl halides is 1. The molecule has 1 fully saturated rings. The van der Waals surface area contributed by atoms with Crippen molar-refractivity contribution < 1.29 is 57.4 Å². The number of H-pyrrole nitrogens is 1. The van der Waals surface area contributed by atoms with E-state index in [2.05, 4.69) is 63.0 Å². The maximum atomic E-state index is 14.4. The van der Waals surface area contributed by atoms with E-state index < -0.39 is 53.2 Å². The maximum Gasteiger partial charge on any atom is 0.415 e. The van der Waals surface area contributed by atoms with E-state index in [1.807, 2.05) is 45.2 Å². The van der Waals surface area contributed by atoms with Gasteiger partial charge < -0.3 is 61.1 Å². The number of aromatic nitrogens is 1. The number of carbonyl (C=O) groups is 10. The molecule has 86 heavy (non-hydrogen) atoms. The van der Waals surface area contributed by atoms with E-state index in [9.17, 15) is 47.9 Å². The molecule has 0 saturated carbocycles. The van der Waals surface area contributed by atoms with Crippen LogP contribution in [0.15, 0.2) is 91.0 Å². The van der Waals surface area contributed by atoms with Crippen LogP contribution in [0, 0.1) is 5.92 Å². The Morgan fingerprint density at radius 2 is 1.40 bits per heavy atom. The van der Waals surface area contributed by atoms with E-state index in [4.69, 9.17) is 9.47 Å². The molecule has 25 heteroatoms. The third-order valence-corrected chi connectivity index (χ3v) is 15.8. The van der Waals surface area contributed by atoms with Gasteiger partial charge in [-0.15, -0.1) is 0 Å². The van der Waals surface area contributed by atoms with Crippen LogP contribution in [0.2, 0.25) is 0 Å². The number of piperazine rings is 1. The first kappa shape index (κ1) is 63.5. The lowest BCUT2D eigenvalue weighted by Gasteiger charge is -2.31. The fraction of sp³-hybridized carbons (Fsp3) is 0.410. The third-order valence-electron chi connectivity index (χ3n) is 15.0. The Morgan fingerprint density at radius 1 is 0.733 bits per heavy atom. The number of hydrogen-bond donors (Lipinski definition) is 8. The second-order valence-corrected chi connectivity index (χ2v) is 22.9. The molecule has 3 aliphatic rings. The summed E-state index contributed by atoms with van der Waals surface area (Å²) in [6.45, 7) is 10.3. The van der Waals surface area contributed by atoms with E-state index in [0.29, 0.717) is 76.4 Å². The molecule has 1 aromatic heterocycles. The van der Waals surface area contributed by atoms with E-state index in [1.54, 1.807) is 78.2 Å². The predicted octanol–water partition coefficient (Wildman–Crippen LogP) is 4.37. The summed E-state index contributed by atoms with van der Waals surface area (Å²) >= 11 is 3.68. The summed E-state index contributed by atoms with van der Waals surface area (Å²) in [6, 6.07) is 22.0. The molecule has 0 spiro atoms. The largest absolute Gasteiger partial charge is 0.415 e. The van der Waals surface area contributed by atoms with E-state index in [-0.39, 0.29) is 88.3 Å². The molecule has 10 amide bonds. The second-order valence-electron chi connectivity index (χ2n) is 22.2. The molecule has 4 heterocycles. The van der Waals surface area contributed by atoms with Crippen LogP contribution in [0.5, 0.6) is 5.75 Å². The summed E-state index contributed by atoms with van der Waals surface area (Å²) in [5.74, 6) is -3.46. The Morgan fingerprint density at radius 3 is 2.09 bits per heavy atom. The molecule has 1 saturated heterocycles. The van der Waals surface area contributed by atoms with Crippen LogP contribution < -0.4 is 46.9 Å². The van der Waals surface area contributed by atoms with Crippen LogP contribution in [0.4, 0.5) is 21.9 Å². The molecule has 1 unspecified atom stereocenters. The minimum atomic E-state index is -0.810. The van der Waals surface area contributed by atoms with Crippen molar-refractivity contribution >= 4 is 114 Å². The summed E-state index contributed by atoms with van der Waals surface area (Å²) in [5, 5.41) is 22.3. The highest BCUT2D eigenvalue weighted by Crippen LogP contribution is 2.46. The summed E-state index contributed by atoms with van der Waals surface area (Å²) in [4.78, 5) is 138. The predicted molar refractivity (Wildman–Crippen MR) is 327 cm³/mol. The molecule has 8 N–H and O–H groups in total. The topological polar surface area (TPSA) is 302 Å². The maximum absolute atomic E-state index is 14.4. The zero-order valence-electron chi connectivity index (χ0n) is 48.8. The summed E-state index contributed by atoms with van der Waals surface area (Å²) in [7, 11) is 2.02. The fourth-order valence-corrected chi connectivity index (χ4v) is 10.7. The Balaban J connectivity index is 0.734. The fourth-order valence-electron chi connectivity index (χ4n) is 10.2. The van der Waals surface area contributed by atoms with Gasteiger partial charge in [0.15, 0.2) is 0 Å². The first-order valence-corrected chi connectivity index (χ1v) is 29.7. The van der Waals surface area contributed by atoms with Gasteiger partial charge in [0, 0.05) is 134 Å². The van der Waals surface area contributed by atoms with Gasteiger partial charge in [-0.05, 0) is 92.7 Å². The van der Waals surface area contributed by atoms with Crippen molar-refractivity contribution in [1.29, 1.82) is 0 Å². The Labute approximate surface area is 506 Å². The van der Waals surface area contributed by atoms with Gasteiger partial charge in [-0.1, -0.05) is 54.0 Å². The summed E-state index contributed by atoms with van der Waals surface area (Å²) in [6.07, 6.45) is 2.39. The van der Waals surface area contributed by atoms with Gasteiger partial charge >= 0.3 is 6.09 Å². The molecule has 3 aliphatic heterocycles. The number of nitrogens with one attached hydrogen (secondary N) is 8. The van der Waals surface area contributed by atoms with E-state index in [0.717, 1.165) is 46.5 Å². The highest BCUT2D eigenvalue weighted by atomic mass is 79.9. The number of benzene rings is 4. The van der Waals surface area contributed by atoms with Crippen LogP contribution in [0.25, 0.3) is 21.7 Å². The third kappa shape index (κ3) is 16.7. The number of anilines is 3. The zero-order valence-corrected chi connectivity index (χ0v) is 50.4. The van der Waals surface area contributed by atoms with Crippen molar-refractivity contribution in [2.75, 3.05) is 107 Å². The van der Waals surface area contributed by atoms with Crippen molar-refractivity contribution in [3.8, 4) is 5.75 Å². The molecule has 2 atom stereocenters. The van der Waals surface area contributed by atoms with Crippen molar-refractivity contribution in [2.24, 2.45) is 5.92 Å². The number of halogens is 1. The van der Waals surface area contributed by atoms with Gasteiger partial charge in [0.1, 0.15) is 11.4 Å². The van der Waals surface area contributed by atoms with Crippen LogP contribution in [-0.4, -0.2) is 182 Å². The van der Waals surface area contributed by atoms with Crippen LogP contribution in [0.1, 0.15) is 79.3 Å². The van der Waals surface area contributed by atoms with Gasteiger partial charge in [0.2, 0.25) is 29.5 Å². The number of aromatic amines is 1. The lowest BCUT2D eigenvalue weighted by Crippen LogP contribution is -2.51. The summed E-state index contributed by atoms with van der Waals surface area (Å²) < 4.78 is 11.9. The normalized spacial score (nSPS) is 15.4. The molecule has 8 rings (SSSR count). The van der Waals surface area contributed by atoms with Crippen molar-refractivity contribution in [1.82, 2.24) is 46.3 Å². The van der Waals surface area contributed by atoms with E-state index >= 15 is 0 Å². The number of ether oxygens (including phenoxy) is 2. The van der Waals surface area contributed by atoms with E-state index in [1.165, 1.54) is 0 Å². The van der Waals surface area contributed by atoms with Gasteiger partial charge in [-0.25, -0.2) is 4.79 Å². The Kier molecular flexibility index (Phi) is 21.4. The Bertz CT molecular complexity index is 3390. The average molecular weight is 1250 g/mol. The van der Waals surface area contributed by atoms with Crippen molar-refractivity contribution in [3.63, 3.8) is 0 Å². The molecule has 5 aromatic rings. The Hall–Kier alpha value is -8.52. The number of fused-ring (bicyclic) bond motifs is 4. The van der Waals surface area contributed by atoms with Gasteiger partial charge in [-0.3, -0.25) is 53.4 Å². The number of carbonyl (C=O) groups excluding carboxylic acids is 10. The number of likely N-dealkylation sites (N-methyl/N-ethyl adjacent to an activating group) is 1. The highest BCUT2D eigenvalue weighted by Gasteiger charge is 2.36. The molecular weight excluding hydrogens is 1170 g/mol. The average Bonchev–Trinajstić information content (AvgIpc) is 2.20. The van der Waals surface area contributed by atoms with Crippen LogP contribution >= 0.6 is 15.9 Å². The minimum absolute atomic E-state index is 0.0141. The standard InChI is InChI=1S/C61H73BrN12O12/c1-37(2)56(66-34-51(77)64-22-21-63-49(75)18-20-61(3,4)85-29-23-65-50(76)19-24-73-53(79)16-17-54(73)80)58(82)67-35-52(78)68-41-12-10-38(11-13-41)57(81)69-42-14-15-45-39(30-42)31-46(70-45)59(83)74-36-40(33-62)55-44-9-7-6-8-43(44)48(32-47(55)74)86-60(84)72-27-25-71(5)26-28-72/h6-17,30-32,37,40,56,66,70H,18-29,33-36H2,1-5H3,(H,63,75)(H,64,77)(H,65,76)(H,67,82)(H,68,78)(H,69,81)/t40?,56-/m0/s1. The summed E-state index contributed by atoms with van der Waals surface area (Å²) in [5.41, 5.74) is 3.18. The first-order chi connectivity index (χ1) is 41.2. The number of rotatable bonds is 26.